The van der Waals surface area contributed by atoms with Crippen molar-refractivity contribution in [2.45, 2.75) is 33.2 Å². The molecule has 0 aliphatic heterocycles. The molecule has 0 fully saturated rings. The number of nitrogens with zero attached hydrogens (tertiary/aromatic N) is 2. The Labute approximate surface area is 181 Å². The highest BCUT2D eigenvalue weighted by Crippen LogP contribution is 2.32. The summed E-state index contributed by atoms with van der Waals surface area (Å²) in [6, 6.07) is 4.79. The predicted molar refractivity (Wildman–Crippen MR) is 113 cm³/mol. The van der Waals surface area contributed by atoms with Crippen LogP contribution in [0.4, 0.5) is 8.78 Å². The summed E-state index contributed by atoms with van der Waals surface area (Å²) in [6.07, 6.45) is 0.836. The Morgan fingerprint density at radius 1 is 1.26 bits per heavy atom. The van der Waals surface area contributed by atoms with Gasteiger partial charge in [0.2, 0.25) is 11.4 Å². The van der Waals surface area contributed by atoms with Gasteiger partial charge in [-0.05, 0) is 23.1 Å². The van der Waals surface area contributed by atoms with E-state index in [4.69, 9.17) is 11.6 Å². The predicted octanol–water partition coefficient (Wildman–Crippen LogP) is 4.20. The zero-order valence-electron chi connectivity index (χ0n) is 17.1. The van der Waals surface area contributed by atoms with E-state index in [0.717, 1.165) is 6.20 Å². The van der Waals surface area contributed by atoms with Crippen molar-refractivity contribution in [3.8, 4) is 0 Å². The Hall–Kier alpha value is -2.84. The van der Waals surface area contributed by atoms with E-state index in [1.54, 1.807) is 0 Å². The number of rotatable bonds is 5. The van der Waals surface area contributed by atoms with Gasteiger partial charge in [0, 0.05) is 18.2 Å². The van der Waals surface area contributed by atoms with Gasteiger partial charge in [0.15, 0.2) is 0 Å². The standard InChI is InChI=1S/C22H21ClF2N2O4/c1-22(2,3)16(10-28)27-9-14(21(30)31)18(29)13-8-12(19(25)26-20(13)27)7-11-5-4-6-15(23)17(11)24/h4-6,8-9,16,28H,7,10H2,1-3H3,(H,30,31)/t16-/m1/s1. The van der Waals surface area contributed by atoms with E-state index in [2.05, 4.69) is 4.98 Å². The smallest absolute Gasteiger partial charge is 0.341 e. The van der Waals surface area contributed by atoms with E-state index in [9.17, 15) is 28.6 Å². The summed E-state index contributed by atoms with van der Waals surface area (Å²) in [5.41, 5.74) is -2.03. The van der Waals surface area contributed by atoms with Crippen molar-refractivity contribution in [3.63, 3.8) is 0 Å². The summed E-state index contributed by atoms with van der Waals surface area (Å²) >= 11 is 5.78. The lowest BCUT2D eigenvalue weighted by atomic mass is 9.86. The first-order valence-electron chi connectivity index (χ1n) is 9.47. The summed E-state index contributed by atoms with van der Waals surface area (Å²) in [7, 11) is 0. The van der Waals surface area contributed by atoms with Gasteiger partial charge >= 0.3 is 5.97 Å². The molecule has 0 unspecified atom stereocenters. The van der Waals surface area contributed by atoms with Crippen LogP contribution in [-0.2, 0) is 6.42 Å². The van der Waals surface area contributed by atoms with Crippen LogP contribution in [0.5, 0.6) is 0 Å². The van der Waals surface area contributed by atoms with Crippen molar-refractivity contribution < 1.29 is 23.8 Å². The van der Waals surface area contributed by atoms with Crippen LogP contribution in [0.3, 0.4) is 0 Å². The molecule has 1 atom stereocenters. The van der Waals surface area contributed by atoms with Gasteiger partial charge in [-0.2, -0.15) is 4.39 Å². The summed E-state index contributed by atoms with van der Waals surface area (Å²) in [6.45, 7) is 5.04. The molecule has 2 aromatic heterocycles. The molecule has 2 N–H and O–H groups in total. The molecule has 0 amide bonds. The fourth-order valence-corrected chi connectivity index (χ4v) is 3.67. The molecule has 3 aromatic rings. The zero-order chi connectivity index (χ0) is 23.1. The number of hydrogen-bond acceptors (Lipinski definition) is 4. The van der Waals surface area contributed by atoms with Crippen molar-refractivity contribution in [1.82, 2.24) is 9.55 Å². The van der Waals surface area contributed by atoms with Gasteiger partial charge in [-0.1, -0.05) is 44.5 Å². The van der Waals surface area contributed by atoms with Crippen LogP contribution in [0.2, 0.25) is 5.02 Å². The largest absolute Gasteiger partial charge is 0.477 e. The highest BCUT2D eigenvalue weighted by atomic mass is 35.5. The van der Waals surface area contributed by atoms with E-state index in [0.29, 0.717) is 0 Å². The number of aliphatic hydroxyl groups excluding tert-OH is 1. The van der Waals surface area contributed by atoms with Gasteiger partial charge in [-0.15, -0.1) is 0 Å². The first-order valence-corrected chi connectivity index (χ1v) is 9.84. The summed E-state index contributed by atoms with van der Waals surface area (Å²) in [4.78, 5) is 28.4. The van der Waals surface area contributed by atoms with Crippen molar-refractivity contribution in [3.05, 3.63) is 74.2 Å². The number of aromatic carboxylic acids is 1. The number of pyridine rings is 2. The summed E-state index contributed by atoms with van der Waals surface area (Å²) in [5, 5.41) is 19.2. The Bertz CT molecular complexity index is 1230. The minimum Gasteiger partial charge on any atom is -0.477 e. The molecule has 6 nitrogen and oxygen atoms in total. The van der Waals surface area contributed by atoms with Crippen LogP contribution in [0.15, 0.2) is 35.3 Å². The third-order valence-electron chi connectivity index (χ3n) is 5.18. The molecule has 0 bridgehead atoms. The maximum Gasteiger partial charge on any atom is 0.341 e. The van der Waals surface area contributed by atoms with Crippen molar-refractivity contribution in [2.75, 3.05) is 6.61 Å². The molecule has 9 heteroatoms. The van der Waals surface area contributed by atoms with Gasteiger partial charge in [0.1, 0.15) is 17.0 Å². The van der Waals surface area contributed by atoms with Gasteiger partial charge in [0.05, 0.1) is 23.1 Å². The molecule has 31 heavy (non-hydrogen) atoms. The number of fused-ring (bicyclic) bond motifs is 1. The normalized spacial score (nSPS) is 12.9. The Balaban J connectivity index is 2.30. The van der Waals surface area contributed by atoms with Crippen LogP contribution >= 0.6 is 11.6 Å². The second-order valence-electron chi connectivity index (χ2n) is 8.35. The number of carbonyl (C=O) groups is 1. The Kier molecular flexibility index (Phi) is 6.16. The van der Waals surface area contributed by atoms with Gasteiger partial charge < -0.3 is 14.8 Å². The lowest BCUT2D eigenvalue weighted by molar-refractivity contribution is 0.0692. The molecule has 164 valence electrons. The maximum atomic E-state index is 14.9. The molecular formula is C22H21ClF2N2O4. The number of aliphatic hydroxyl groups is 1. The summed E-state index contributed by atoms with van der Waals surface area (Å²) in [5.74, 6) is -3.11. The van der Waals surface area contributed by atoms with Gasteiger partial charge in [-0.25, -0.2) is 14.2 Å². The summed E-state index contributed by atoms with van der Waals surface area (Å²) < 4.78 is 30.5. The molecule has 0 aliphatic rings. The second-order valence-corrected chi connectivity index (χ2v) is 8.76. The molecule has 0 spiro atoms. The fourth-order valence-electron chi connectivity index (χ4n) is 3.47. The average molecular weight is 451 g/mol. The number of halogens is 3. The van der Waals surface area contributed by atoms with Crippen LogP contribution in [0.25, 0.3) is 11.0 Å². The van der Waals surface area contributed by atoms with Crippen LogP contribution in [0.1, 0.15) is 48.3 Å². The highest BCUT2D eigenvalue weighted by molar-refractivity contribution is 6.30. The van der Waals surface area contributed by atoms with E-state index in [-0.39, 0.29) is 40.2 Å². The van der Waals surface area contributed by atoms with E-state index in [1.807, 2.05) is 20.8 Å². The minimum absolute atomic E-state index is 0.0869. The van der Waals surface area contributed by atoms with Crippen LogP contribution in [0, 0.1) is 17.2 Å². The molecule has 3 rings (SSSR count). The van der Waals surface area contributed by atoms with Crippen molar-refractivity contribution in [1.29, 1.82) is 0 Å². The number of carboxylic acid groups (broad SMARTS) is 1. The van der Waals surface area contributed by atoms with E-state index in [1.165, 1.54) is 28.8 Å². The first-order chi connectivity index (χ1) is 14.5. The Morgan fingerprint density at radius 2 is 1.94 bits per heavy atom. The van der Waals surface area contributed by atoms with Crippen molar-refractivity contribution >= 4 is 28.6 Å². The van der Waals surface area contributed by atoms with E-state index >= 15 is 0 Å². The van der Waals surface area contributed by atoms with Crippen LogP contribution < -0.4 is 5.43 Å². The molecule has 0 aliphatic carbocycles. The maximum absolute atomic E-state index is 14.9. The van der Waals surface area contributed by atoms with Gasteiger partial charge in [0.25, 0.3) is 0 Å². The first kappa shape index (κ1) is 22.8. The molecule has 2 heterocycles. The fraction of sp³-hybridized carbons (Fsp3) is 0.318. The van der Waals surface area contributed by atoms with Crippen LogP contribution in [-0.4, -0.2) is 32.3 Å². The lowest BCUT2D eigenvalue weighted by Crippen LogP contribution is -2.31. The molecule has 1 aromatic carbocycles. The SMILES string of the molecule is CC(C)(C)[C@@H](CO)n1cc(C(=O)O)c(=O)c2cc(Cc3cccc(Cl)c3F)c(F)nc21. The quantitative estimate of drug-likeness (QED) is 0.568. The molecular weight excluding hydrogens is 430 g/mol. The third-order valence-corrected chi connectivity index (χ3v) is 5.47. The van der Waals surface area contributed by atoms with Gasteiger partial charge in [-0.3, -0.25) is 4.79 Å². The molecule has 0 saturated heterocycles. The average Bonchev–Trinajstić information content (AvgIpc) is 2.67. The highest BCUT2D eigenvalue weighted by Gasteiger charge is 2.29. The number of carboxylic acids is 1. The molecule has 0 saturated carbocycles. The second kappa shape index (κ2) is 8.36. The van der Waals surface area contributed by atoms with Crippen molar-refractivity contribution in [2.24, 2.45) is 5.41 Å². The van der Waals surface area contributed by atoms with E-state index < -0.39 is 40.2 Å². The third kappa shape index (κ3) is 4.31. The monoisotopic (exact) mass is 450 g/mol. The number of aromatic nitrogens is 2. The molecule has 0 radical (unpaired) electrons. The topological polar surface area (TPSA) is 92.4 Å². The zero-order valence-corrected chi connectivity index (χ0v) is 17.9. The number of benzene rings is 1. The Morgan fingerprint density at radius 3 is 2.52 bits per heavy atom. The lowest BCUT2D eigenvalue weighted by Gasteiger charge is -2.32. The minimum atomic E-state index is -1.46. The number of hydrogen-bond donors (Lipinski definition) is 2.